The lowest BCUT2D eigenvalue weighted by atomic mass is 10.0. The van der Waals surface area contributed by atoms with Crippen LogP contribution in [0.5, 0.6) is 0 Å². The Morgan fingerprint density at radius 1 is 1.53 bits per heavy atom. The van der Waals surface area contributed by atoms with E-state index in [0.717, 1.165) is 5.56 Å². The third-order valence-corrected chi connectivity index (χ3v) is 2.61. The van der Waals surface area contributed by atoms with Crippen molar-refractivity contribution in [3.8, 4) is 6.07 Å². The largest absolute Gasteiger partial charge is 0.481 e. The zero-order chi connectivity index (χ0) is 11.4. The molecule has 0 saturated carbocycles. The van der Waals surface area contributed by atoms with Crippen LogP contribution in [0.1, 0.15) is 16.7 Å². The summed E-state index contributed by atoms with van der Waals surface area (Å²) in [4.78, 5) is 11.2. The van der Waals surface area contributed by atoms with Crippen LogP contribution in [-0.2, 0) is 17.1 Å². The molecule has 1 aromatic carbocycles. The van der Waals surface area contributed by atoms with E-state index in [2.05, 4.69) is 12.6 Å². The molecule has 0 saturated heterocycles. The number of hydrogen-bond donors (Lipinski definition) is 2. The Morgan fingerprint density at radius 3 is 2.67 bits per heavy atom. The molecule has 0 amide bonds. The van der Waals surface area contributed by atoms with Gasteiger partial charge in [-0.25, -0.2) is 0 Å². The normalized spacial score (nSPS) is 9.67. The maximum atomic E-state index is 10.6. The Hall–Kier alpha value is -1.18. The van der Waals surface area contributed by atoms with Gasteiger partial charge in [0.1, 0.15) is 0 Å². The standard InChI is InChI=1S/C10H8ClNO2S/c11-4-7-1-6(3-10(13)14)8(5-12)2-9(7)15/h1-2,15H,3-4H2,(H,13,14). The molecule has 0 aliphatic rings. The number of alkyl halides is 1. The SMILES string of the molecule is N#Cc1cc(S)c(CCl)cc1CC(=O)O. The number of nitriles is 1. The summed E-state index contributed by atoms with van der Waals surface area (Å²) in [7, 11) is 0. The van der Waals surface area contributed by atoms with Gasteiger partial charge in [0, 0.05) is 10.8 Å². The second-order valence-electron chi connectivity index (χ2n) is 2.95. The quantitative estimate of drug-likeness (QED) is 0.630. The first-order valence-electron chi connectivity index (χ1n) is 4.11. The molecule has 0 fully saturated rings. The Balaban J connectivity index is 3.24. The second kappa shape index (κ2) is 5.06. The highest BCUT2D eigenvalue weighted by atomic mass is 35.5. The Kier molecular flexibility index (Phi) is 4.01. The molecule has 0 atom stereocenters. The summed E-state index contributed by atoms with van der Waals surface area (Å²) < 4.78 is 0. The van der Waals surface area contributed by atoms with Crippen molar-refractivity contribution in [3.63, 3.8) is 0 Å². The van der Waals surface area contributed by atoms with Crippen molar-refractivity contribution in [3.05, 3.63) is 28.8 Å². The Morgan fingerprint density at radius 2 is 2.20 bits per heavy atom. The summed E-state index contributed by atoms with van der Waals surface area (Å²) in [5.41, 5.74) is 1.53. The predicted molar refractivity (Wildman–Crippen MR) is 59.3 cm³/mol. The maximum absolute atomic E-state index is 10.6. The molecular weight excluding hydrogens is 234 g/mol. The van der Waals surface area contributed by atoms with Crippen molar-refractivity contribution < 1.29 is 9.90 Å². The molecule has 0 aromatic heterocycles. The first-order chi connectivity index (χ1) is 7.08. The summed E-state index contributed by atoms with van der Waals surface area (Å²) in [6.45, 7) is 0. The Labute approximate surface area is 97.7 Å². The number of halogens is 1. The molecule has 15 heavy (non-hydrogen) atoms. The van der Waals surface area contributed by atoms with Crippen LogP contribution in [-0.4, -0.2) is 11.1 Å². The molecule has 0 bridgehead atoms. The molecule has 0 spiro atoms. The van der Waals surface area contributed by atoms with Crippen molar-refractivity contribution in [2.75, 3.05) is 0 Å². The van der Waals surface area contributed by atoms with E-state index in [4.69, 9.17) is 22.0 Å². The van der Waals surface area contributed by atoms with Gasteiger partial charge in [0.25, 0.3) is 0 Å². The van der Waals surface area contributed by atoms with Crippen LogP contribution in [0.4, 0.5) is 0 Å². The van der Waals surface area contributed by atoms with Crippen LogP contribution in [0.25, 0.3) is 0 Å². The van der Waals surface area contributed by atoms with E-state index in [9.17, 15) is 4.79 Å². The van der Waals surface area contributed by atoms with Crippen LogP contribution in [0, 0.1) is 11.3 Å². The van der Waals surface area contributed by atoms with E-state index in [1.807, 2.05) is 6.07 Å². The highest BCUT2D eigenvalue weighted by Crippen LogP contribution is 2.22. The van der Waals surface area contributed by atoms with Gasteiger partial charge in [-0.05, 0) is 17.2 Å². The summed E-state index contributed by atoms with van der Waals surface area (Å²) >= 11 is 9.81. The molecule has 78 valence electrons. The lowest BCUT2D eigenvalue weighted by Gasteiger charge is -2.06. The molecule has 0 radical (unpaired) electrons. The molecular formula is C10H8ClNO2S. The van der Waals surface area contributed by atoms with Gasteiger partial charge in [-0.2, -0.15) is 5.26 Å². The molecule has 0 heterocycles. The summed E-state index contributed by atoms with van der Waals surface area (Å²) in [5, 5.41) is 17.5. The van der Waals surface area contributed by atoms with Gasteiger partial charge in [-0.3, -0.25) is 4.79 Å². The number of benzene rings is 1. The van der Waals surface area contributed by atoms with Gasteiger partial charge >= 0.3 is 5.97 Å². The fourth-order valence-electron chi connectivity index (χ4n) is 1.20. The fraction of sp³-hybridized carbons (Fsp3) is 0.200. The second-order valence-corrected chi connectivity index (χ2v) is 3.70. The lowest BCUT2D eigenvalue weighted by Crippen LogP contribution is -2.03. The minimum Gasteiger partial charge on any atom is -0.481 e. The lowest BCUT2D eigenvalue weighted by molar-refractivity contribution is -0.136. The zero-order valence-corrected chi connectivity index (χ0v) is 9.35. The fourth-order valence-corrected chi connectivity index (χ4v) is 1.79. The van der Waals surface area contributed by atoms with Gasteiger partial charge in [0.2, 0.25) is 0 Å². The monoisotopic (exact) mass is 241 g/mol. The van der Waals surface area contributed by atoms with Crippen LogP contribution < -0.4 is 0 Å². The van der Waals surface area contributed by atoms with E-state index in [-0.39, 0.29) is 12.3 Å². The first kappa shape index (κ1) is 11.9. The summed E-state index contributed by atoms with van der Waals surface area (Å²) in [5.74, 6) is -0.726. The average Bonchev–Trinajstić information content (AvgIpc) is 2.19. The van der Waals surface area contributed by atoms with Crippen LogP contribution in [0.3, 0.4) is 0 Å². The molecule has 1 N–H and O–H groups in total. The average molecular weight is 242 g/mol. The summed E-state index contributed by atoms with van der Waals surface area (Å²) in [6.07, 6.45) is -0.180. The minimum absolute atomic E-state index is 0.180. The van der Waals surface area contributed by atoms with Gasteiger partial charge in [0.15, 0.2) is 0 Å². The predicted octanol–water partition coefficient (Wildman–Crippen LogP) is 2.21. The number of nitrogens with zero attached hydrogens (tertiary/aromatic N) is 1. The minimum atomic E-state index is -0.973. The third-order valence-electron chi connectivity index (χ3n) is 1.91. The first-order valence-corrected chi connectivity index (χ1v) is 5.09. The van der Waals surface area contributed by atoms with E-state index < -0.39 is 5.97 Å². The molecule has 1 aromatic rings. The number of aliphatic carboxylic acids is 1. The zero-order valence-electron chi connectivity index (χ0n) is 7.70. The van der Waals surface area contributed by atoms with Gasteiger partial charge in [0.05, 0.1) is 18.1 Å². The van der Waals surface area contributed by atoms with Gasteiger partial charge in [-0.1, -0.05) is 6.07 Å². The number of thiol groups is 1. The maximum Gasteiger partial charge on any atom is 0.307 e. The number of hydrogen-bond acceptors (Lipinski definition) is 3. The van der Waals surface area contributed by atoms with Crippen LogP contribution in [0.2, 0.25) is 0 Å². The van der Waals surface area contributed by atoms with Gasteiger partial charge < -0.3 is 5.11 Å². The van der Waals surface area contributed by atoms with Crippen LogP contribution in [0.15, 0.2) is 17.0 Å². The van der Waals surface area contributed by atoms with Crippen molar-refractivity contribution in [1.29, 1.82) is 5.26 Å². The molecule has 0 unspecified atom stereocenters. The molecule has 0 aliphatic heterocycles. The Bertz CT molecular complexity index is 440. The smallest absolute Gasteiger partial charge is 0.307 e. The third kappa shape index (κ3) is 2.88. The molecule has 0 aliphatic carbocycles. The highest BCUT2D eigenvalue weighted by Gasteiger charge is 2.10. The number of carbonyl (C=O) groups is 1. The van der Waals surface area contributed by atoms with Crippen molar-refractivity contribution in [2.24, 2.45) is 0 Å². The van der Waals surface area contributed by atoms with E-state index in [0.29, 0.717) is 16.0 Å². The van der Waals surface area contributed by atoms with Gasteiger partial charge in [-0.15, -0.1) is 24.2 Å². The van der Waals surface area contributed by atoms with Crippen molar-refractivity contribution >= 4 is 30.2 Å². The topological polar surface area (TPSA) is 61.1 Å². The van der Waals surface area contributed by atoms with E-state index in [1.54, 1.807) is 12.1 Å². The molecule has 1 rings (SSSR count). The molecule has 3 nitrogen and oxygen atoms in total. The highest BCUT2D eigenvalue weighted by molar-refractivity contribution is 7.80. The van der Waals surface area contributed by atoms with Crippen LogP contribution >= 0.6 is 24.2 Å². The molecule has 5 heteroatoms. The summed E-state index contributed by atoms with van der Waals surface area (Å²) in [6, 6.07) is 5.09. The number of carboxylic acids is 1. The van der Waals surface area contributed by atoms with E-state index in [1.165, 1.54) is 0 Å². The van der Waals surface area contributed by atoms with E-state index >= 15 is 0 Å². The number of rotatable bonds is 3. The van der Waals surface area contributed by atoms with Crippen molar-refractivity contribution in [2.45, 2.75) is 17.2 Å². The van der Waals surface area contributed by atoms with Crippen molar-refractivity contribution in [1.82, 2.24) is 0 Å². The number of carboxylic acid groups (broad SMARTS) is 1.